The molecule has 0 spiro atoms. The molecule has 0 aliphatic heterocycles. The van der Waals surface area contributed by atoms with E-state index < -0.39 is 0 Å². The number of benzene rings is 3. The number of para-hydroxylation sites is 1. The van der Waals surface area contributed by atoms with Gasteiger partial charge in [0.25, 0.3) is 0 Å². The molecule has 0 atom stereocenters. The molecule has 34 heavy (non-hydrogen) atoms. The molecule has 0 unspecified atom stereocenters. The third-order valence-corrected chi connectivity index (χ3v) is 5.82. The fourth-order valence-corrected chi connectivity index (χ4v) is 3.77. The summed E-state index contributed by atoms with van der Waals surface area (Å²) in [6, 6.07) is 19.4. The van der Waals surface area contributed by atoms with Crippen LogP contribution < -0.4 is 4.90 Å². The lowest BCUT2D eigenvalue weighted by Crippen LogP contribution is -2.31. The van der Waals surface area contributed by atoms with Crippen molar-refractivity contribution in [3.05, 3.63) is 99.6 Å². The van der Waals surface area contributed by atoms with Crippen molar-refractivity contribution in [2.24, 2.45) is 0 Å². The van der Waals surface area contributed by atoms with Crippen molar-refractivity contribution >= 4 is 17.4 Å². The minimum atomic E-state index is -0.322. The highest BCUT2D eigenvalue weighted by Gasteiger charge is 2.19. The highest BCUT2D eigenvalue weighted by Crippen LogP contribution is 2.25. The van der Waals surface area contributed by atoms with Crippen LogP contribution in [0.4, 0.5) is 5.69 Å². The smallest absolute Gasteiger partial charge is 0.325 e. The van der Waals surface area contributed by atoms with Gasteiger partial charge in [-0.15, -0.1) is 0 Å². The van der Waals surface area contributed by atoms with Gasteiger partial charge >= 0.3 is 5.97 Å². The predicted molar refractivity (Wildman–Crippen MR) is 143 cm³/mol. The highest BCUT2D eigenvalue weighted by molar-refractivity contribution is 6.10. The van der Waals surface area contributed by atoms with Gasteiger partial charge in [0.1, 0.15) is 6.54 Å². The van der Waals surface area contributed by atoms with E-state index in [1.165, 1.54) is 12.7 Å². The Morgan fingerprint density at radius 1 is 0.824 bits per heavy atom. The molecule has 0 fully saturated rings. The number of nitrogens with zero attached hydrogens (tertiary/aromatic N) is 1. The van der Waals surface area contributed by atoms with Crippen LogP contribution in [0.25, 0.3) is 0 Å². The molecule has 0 saturated heterocycles. The molecule has 4 heteroatoms. The summed E-state index contributed by atoms with van der Waals surface area (Å²) in [4.78, 5) is 27.5. The number of aryl methyl sites for hydroxylation is 3. The first-order chi connectivity index (χ1) is 15.8. The molecule has 0 heterocycles. The SMILES string of the molecule is C.CC.COC(=O)CN(Cc1ccccc1C(=O)c1cc(C)c(C)c(C)c1)c1ccccc1C. The number of carbonyl (C=O) groups is 2. The van der Waals surface area contributed by atoms with Gasteiger partial charge in [-0.1, -0.05) is 63.7 Å². The van der Waals surface area contributed by atoms with Gasteiger partial charge < -0.3 is 9.64 Å². The van der Waals surface area contributed by atoms with Crippen LogP contribution in [0.2, 0.25) is 0 Å². The minimum Gasteiger partial charge on any atom is -0.468 e. The quantitative estimate of drug-likeness (QED) is 0.281. The number of carbonyl (C=O) groups excluding carboxylic acids is 2. The Bertz CT molecular complexity index is 1090. The molecule has 0 N–H and O–H groups in total. The van der Waals surface area contributed by atoms with Crippen molar-refractivity contribution in [1.29, 1.82) is 0 Å². The Morgan fingerprint density at radius 2 is 1.38 bits per heavy atom. The number of hydrogen-bond acceptors (Lipinski definition) is 4. The van der Waals surface area contributed by atoms with E-state index in [0.717, 1.165) is 27.9 Å². The van der Waals surface area contributed by atoms with Gasteiger partial charge in [0.15, 0.2) is 5.78 Å². The Labute approximate surface area is 205 Å². The monoisotopic (exact) mass is 461 g/mol. The summed E-state index contributed by atoms with van der Waals surface area (Å²) in [6.45, 7) is 12.7. The molecule has 0 radical (unpaired) electrons. The lowest BCUT2D eigenvalue weighted by Gasteiger charge is -2.26. The zero-order valence-electron chi connectivity index (χ0n) is 20.9. The summed E-state index contributed by atoms with van der Waals surface area (Å²) in [7, 11) is 1.39. The second kappa shape index (κ2) is 13.3. The summed E-state index contributed by atoms with van der Waals surface area (Å²) >= 11 is 0. The molecule has 0 saturated carbocycles. The number of ether oxygens (including phenoxy) is 1. The van der Waals surface area contributed by atoms with Crippen LogP contribution in [-0.2, 0) is 16.1 Å². The maximum absolute atomic E-state index is 13.4. The first-order valence-corrected chi connectivity index (χ1v) is 11.4. The van der Waals surface area contributed by atoms with Crippen LogP contribution in [-0.4, -0.2) is 25.4 Å². The summed E-state index contributed by atoms with van der Waals surface area (Å²) < 4.78 is 4.92. The second-order valence-corrected chi connectivity index (χ2v) is 7.94. The van der Waals surface area contributed by atoms with Crippen LogP contribution in [0.15, 0.2) is 60.7 Å². The molecule has 0 aliphatic carbocycles. The van der Waals surface area contributed by atoms with E-state index in [0.29, 0.717) is 17.7 Å². The van der Waals surface area contributed by atoms with E-state index in [1.54, 1.807) is 0 Å². The molecule has 3 aromatic rings. The third-order valence-electron chi connectivity index (χ3n) is 5.82. The standard InChI is InChI=1S/C27H29NO3.C2H6.CH4/c1-18-10-6-9-13-25(18)28(17-26(29)31-5)16-22-11-7-8-12-24(22)27(30)23-14-19(2)21(4)20(3)15-23;1-2;/h6-15H,16-17H2,1-5H3;1-2H3;1H4. The van der Waals surface area contributed by atoms with Crippen LogP contribution in [0.5, 0.6) is 0 Å². The van der Waals surface area contributed by atoms with Crippen molar-refractivity contribution < 1.29 is 14.3 Å². The van der Waals surface area contributed by atoms with Crippen LogP contribution >= 0.6 is 0 Å². The van der Waals surface area contributed by atoms with Crippen molar-refractivity contribution in [2.45, 2.75) is 55.5 Å². The molecule has 4 nitrogen and oxygen atoms in total. The first kappa shape index (κ1) is 28.6. The zero-order valence-corrected chi connectivity index (χ0v) is 20.9. The second-order valence-electron chi connectivity index (χ2n) is 7.94. The highest BCUT2D eigenvalue weighted by atomic mass is 16.5. The van der Waals surface area contributed by atoms with E-state index in [4.69, 9.17) is 4.74 Å². The van der Waals surface area contributed by atoms with Crippen LogP contribution in [0.1, 0.15) is 65.0 Å². The van der Waals surface area contributed by atoms with E-state index >= 15 is 0 Å². The lowest BCUT2D eigenvalue weighted by molar-refractivity contribution is -0.139. The van der Waals surface area contributed by atoms with E-state index in [9.17, 15) is 9.59 Å². The average molecular weight is 462 g/mol. The predicted octanol–water partition coefficient (Wildman–Crippen LogP) is 6.99. The van der Waals surface area contributed by atoms with Crippen molar-refractivity contribution in [3.63, 3.8) is 0 Å². The van der Waals surface area contributed by atoms with Gasteiger partial charge in [-0.3, -0.25) is 9.59 Å². The Morgan fingerprint density at radius 3 is 1.97 bits per heavy atom. The molecular formula is C30H39NO3. The van der Waals surface area contributed by atoms with Gasteiger partial charge in [0.2, 0.25) is 0 Å². The Hall–Kier alpha value is -3.40. The molecule has 3 aromatic carbocycles. The maximum Gasteiger partial charge on any atom is 0.325 e. The minimum absolute atomic E-state index is 0. The van der Waals surface area contributed by atoms with Gasteiger partial charge in [-0.05, 0) is 73.7 Å². The van der Waals surface area contributed by atoms with Gasteiger partial charge in [-0.25, -0.2) is 0 Å². The molecule has 3 rings (SSSR count). The van der Waals surface area contributed by atoms with E-state index in [-0.39, 0.29) is 25.7 Å². The number of rotatable bonds is 7. The topological polar surface area (TPSA) is 46.6 Å². The van der Waals surface area contributed by atoms with Crippen LogP contribution in [0.3, 0.4) is 0 Å². The number of methoxy groups -OCH3 is 1. The summed E-state index contributed by atoms with van der Waals surface area (Å²) in [5.41, 5.74) is 7.61. The van der Waals surface area contributed by atoms with Crippen LogP contribution in [0, 0.1) is 27.7 Å². The fraction of sp³-hybridized carbons (Fsp3) is 0.333. The Balaban J connectivity index is 0.00000188. The largest absolute Gasteiger partial charge is 0.468 e. The fourth-order valence-electron chi connectivity index (χ4n) is 3.77. The first-order valence-electron chi connectivity index (χ1n) is 11.4. The number of hydrogen-bond donors (Lipinski definition) is 0. The maximum atomic E-state index is 13.4. The third kappa shape index (κ3) is 6.80. The van der Waals surface area contributed by atoms with Gasteiger partial charge in [-0.2, -0.15) is 0 Å². The molecule has 182 valence electrons. The van der Waals surface area contributed by atoms with Crippen molar-refractivity contribution in [2.75, 3.05) is 18.6 Å². The normalized spacial score (nSPS) is 9.85. The Kier molecular flexibility index (Phi) is 11.2. The van der Waals surface area contributed by atoms with Crippen molar-refractivity contribution in [1.82, 2.24) is 0 Å². The van der Waals surface area contributed by atoms with E-state index in [1.807, 2.05) is 100 Å². The van der Waals surface area contributed by atoms with Gasteiger partial charge in [0.05, 0.1) is 7.11 Å². The molecule has 0 amide bonds. The summed E-state index contributed by atoms with van der Waals surface area (Å²) in [5, 5.41) is 0. The summed E-state index contributed by atoms with van der Waals surface area (Å²) in [5.74, 6) is -0.332. The molecule has 0 bridgehead atoms. The number of esters is 1. The molecule has 0 aromatic heterocycles. The van der Waals surface area contributed by atoms with E-state index in [2.05, 4.69) is 6.92 Å². The lowest BCUT2D eigenvalue weighted by atomic mass is 9.93. The van der Waals surface area contributed by atoms with Gasteiger partial charge in [0, 0.05) is 23.4 Å². The molecular weight excluding hydrogens is 422 g/mol. The average Bonchev–Trinajstić information content (AvgIpc) is 2.83. The number of anilines is 1. The zero-order chi connectivity index (χ0) is 24.5. The molecule has 0 aliphatic rings. The summed E-state index contributed by atoms with van der Waals surface area (Å²) in [6.07, 6.45) is 0. The van der Waals surface area contributed by atoms with Crippen molar-refractivity contribution in [3.8, 4) is 0 Å². The number of ketones is 1.